The fraction of sp³-hybridized carbons (Fsp3) is 0.588. The van der Waals surface area contributed by atoms with E-state index in [1.54, 1.807) is 0 Å². The van der Waals surface area contributed by atoms with Gasteiger partial charge in [-0.2, -0.15) is 0 Å². The maximum absolute atomic E-state index is 12.0. The minimum atomic E-state index is -0.0378. The first kappa shape index (κ1) is 15.8. The third-order valence-corrected chi connectivity index (χ3v) is 4.07. The molecule has 0 spiro atoms. The van der Waals surface area contributed by atoms with Crippen molar-refractivity contribution in [1.29, 1.82) is 0 Å². The Hall–Kier alpha value is -1.55. The first-order valence-electron chi connectivity index (χ1n) is 7.78. The molecule has 0 bridgehead atoms. The van der Waals surface area contributed by atoms with E-state index in [9.17, 15) is 4.79 Å². The van der Waals surface area contributed by atoms with E-state index in [1.807, 2.05) is 24.3 Å². The maximum atomic E-state index is 12.0. The number of benzene rings is 1. The van der Waals surface area contributed by atoms with E-state index in [0.29, 0.717) is 30.2 Å². The summed E-state index contributed by atoms with van der Waals surface area (Å²) in [5.41, 5.74) is 6.60. The zero-order valence-corrected chi connectivity index (χ0v) is 13.0. The Balaban J connectivity index is 1.76. The highest BCUT2D eigenvalue weighted by Crippen LogP contribution is 2.28. The molecule has 4 nitrogen and oxygen atoms in total. The molecule has 0 aromatic heterocycles. The van der Waals surface area contributed by atoms with Crippen molar-refractivity contribution < 1.29 is 9.53 Å². The molecule has 4 heteroatoms. The Morgan fingerprint density at radius 1 is 1.19 bits per heavy atom. The Morgan fingerprint density at radius 3 is 2.38 bits per heavy atom. The second-order valence-corrected chi connectivity index (χ2v) is 6.32. The second-order valence-electron chi connectivity index (χ2n) is 6.32. The minimum Gasteiger partial charge on any atom is -0.484 e. The summed E-state index contributed by atoms with van der Waals surface area (Å²) in [6.07, 6.45) is 3.40. The summed E-state index contributed by atoms with van der Waals surface area (Å²) in [7, 11) is 0. The van der Waals surface area contributed by atoms with Gasteiger partial charge in [0.1, 0.15) is 5.75 Å². The molecule has 1 aromatic carbocycles. The SMILES string of the molecule is CC1CC(C)CC(NC(=O)COc2ccc(CN)cc2)C1. The van der Waals surface area contributed by atoms with Crippen LogP contribution in [-0.4, -0.2) is 18.6 Å². The molecule has 1 saturated carbocycles. The van der Waals surface area contributed by atoms with Crippen molar-refractivity contribution in [1.82, 2.24) is 5.32 Å². The highest BCUT2D eigenvalue weighted by Gasteiger charge is 2.24. The van der Waals surface area contributed by atoms with Gasteiger partial charge in [-0.1, -0.05) is 26.0 Å². The topological polar surface area (TPSA) is 64.3 Å². The minimum absolute atomic E-state index is 0.0378. The quantitative estimate of drug-likeness (QED) is 0.875. The molecule has 21 heavy (non-hydrogen) atoms. The predicted octanol–water partition coefficient (Wildman–Crippen LogP) is 2.46. The zero-order valence-electron chi connectivity index (χ0n) is 13.0. The van der Waals surface area contributed by atoms with Crippen LogP contribution < -0.4 is 15.8 Å². The lowest BCUT2D eigenvalue weighted by Gasteiger charge is -2.31. The molecule has 1 aromatic rings. The molecule has 3 N–H and O–H groups in total. The molecule has 0 radical (unpaired) electrons. The molecule has 0 aliphatic heterocycles. The molecular formula is C17H26N2O2. The van der Waals surface area contributed by atoms with Crippen LogP contribution in [0.3, 0.4) is 0 Å². The van der Waals surface area contributed by atoms with Crippen LogP contribution in [0, 0.1) is 11.8 Å². The van der Waals surface area contributed by atoms with Crippen molar-refractivity contribution in [2.24, 2.45) is 17.6 Å². The van der Waals surface area contributed by atoms with Gasteiger partial charge in [0.2, 0.25) is 0 Å². The van der Waals surface area contributed by atoms with E-state index in [1.165, 1.54) is 6.42 Å². The Morgan fingerprint density at radius 2 is 1.81 bits per heavy atom. The number of ether oxygens (including phenoxy) is 1. The van der Waals surface area contributed by atoms with Crippen molar-refractivity contribution in [2.45, 2.75) is 45.7 Å². The first-order chi connectivity index (χ1) is 10.1. The maximum Gasteiger partial charge on any atom is 0.258 e. The van der Waals surface area contributed by atoms with E-state index in [4.69, 9.17) is 10.5 Å². The molecule has 116 valence electrons. The van der Waals surface area contributed by atoms with Crippen LogP contribution in [0.15, 0.2) is 24.3 Å². The molecule has 0 saturated heterocycles. The van der Waals surface area contributed by atoms with Gasteiger partial charge in [-0.3, -0.25) is 4.79 Å². The Labute approximate surface area is 127 Å². The molecule has 2 rings (SSSR count). The lowest BCUT2D eigenvalue weighted by molar-refractivity contribution is -0.124. The second kappa shape index (κ2) is 7.46. The summed E-state index contributed by atoms with van der Waals surface area (Å²) < 4.78 is 5.51. The summed E-state index contributed by atoms with van der Waals surface area (Å²) in [6, 6.07) is 7.81. The number of carbonyl (C=O) groups excluding carboxylic acids is 1. The van der Waals surface area contributed by atoms with Crippen LogP contribution in [0.4, 0.5) is 0 Å². The monoisotopic (exact) mass is 290 g/mol. The normalized spacial score (nSPS) is 25.4. The fourth-order valence-electron chi connectivity index (χ4n) is 3.20. The molecule has 0 heterocycles. The number of hydrogen-bond donors (Lipinski definition) is 2. The highest BCUT2D eigenvalue weighted by molar-refractivity contribution is 5.77. The van der Waals surface area contributed by atoms with Gasteiger partial charge in [0.25, 0.3) is 5.91 Å². The Bertz CT molecular complexity index is 448. The van der Waals surface area contributed by atoms with Gasteiger partial charge < -0.3 is 15.8 Å². The van der Waals surface area contributed by atoms with Crippen LogP contribution in [-0.2, 0) is 11.3 Å². The van der Waals surface area contributed by atoms with Gasteiger partial charge >= 0.3 is 0 Å². The fourth-order valence-corrected chi connectivity index (χ4v) is 3.20. The van der Waals surface area contributed by atoms with Crippen molar-refractivity contribution in [3.63, 3.8) is 0 Å². The number of rotatable bonds is 5. The summed E-state index contributed by atoms with van der Waals surface area (Å²) >= 11 is 0. The standard InChI is InChI=1S/C17H26N2O2/c1-12-7-13(2)9-15(8-12)19-17(20)11-21-16-5-3-14(10-18)4-6-16/h3-6,12-13,15H,7-11,18H2,1-2H3,(H,19,20). The smallest absolute Gasteiger partial charge is 0.258 e. The summed E-state index contributed by atoms with van der Waals surface area (Å²) in [5.74, 6) is 2.03. The predicted molar refractivity (Wildman–Crippen MR) is 83.9 cm³/mol. The van der Waals surface area contributed by atoms with Gasteiger partial charge in [-0.05, 0) is 48.8 Å². The van der Waals surface area contributed by atoms with Crippen molar-refractivity contribution in [3.05, 3.63) is 29.8 Å². The van der Waals surface area contributed by atoms with Crippen LogP contribution in [0.2, 0.25) is 0 Å². The molecule has 2 unspecified atom stereocenters. The number of nitrogens with one attached hydrogen (secondary N) is 1. The van der Waals surface area contributed by atoms with Crippen LogP contribution >= 0.6 is 0 Å². The third kappa shape index (κ3) is 5.05. The average Bonchev–Trinajstić information content (AvgIpc) is 2.44. The number of carbonyl (C=O) groups is 1. The van der Waals surface area contributed by atoms with E-state index < -0.39 is 0 Å². The van der Waals surface area contributed by atoms with Crippen LogP contribution in [0.25, 0.3) is 0 Å². The molecule has 2 atom stereocenters. The largest absolute Gasteiger partial charge is 0.484 e. The lowest BCUT2D eigenvalue weighted by atomic mass is 9.80. The lowest BCUT2D eigenvalue weighted by Crippen LogP contribution is -2.42. The molecule has 1 fully saturated rings. The van der Waals surface area contributed by atoms with Gasteiger partial charge in [-0.15, -0.1) is 0 Å². The van der Waals surface area contributed by atoms with Crippen molar-refractivity contribution in [3.8, 4) is 5.75 Å². The number of nitrogens with two attached hydrogens (primary N) is 1. The van der Waals surface area contributed by atoms with Gasteiger partial charge in [-0.25, -0.2) is 0 Å². The van der Waals surface area contributed by atoms with E-state index >= 15 is 0 Å². The van der Waals surface area contributed by atoms with E-state index in [2.05, 4.69) is 19.2 Å². The number of amides is 1. The van der Waals surface area contributed by atoms with Crippen molar-refractivity contribution >= 4 is 5.91 Å². The summed E-state index contributed by atoms with van der Waals surface area (Å²) in [5, 5.41) is 3.09. The van der Waals surface area contributed by atoms with Crippen LogP contribution in [0.1, 0.15) is 38.7 Å². The van der Waals surface area contributed by atoms with Gasteiger partial charge in [0.15, 0.2) is 6.61 Å². The Kier molecular flexibility index (Phi) is 5.62. The van der Waals surface area contributed by atoms with Gasteiger partial charge in [0, 0.05) is 12.6 Å². The summed E-state index contributed by atoms with van der Waals surface area (Å²) in [6.45, 7) is 5.09. The van der Waals surface area contributed by atoms with Gasteiger partial charge in [0.05, 0.1) is 0 Å². The molecule has 1 aliphatic carbocycles. The zero-order chi connectivity index (χ0) is 15.2. The highest BCUT2D eigenvalue weighted by atomic mass is 16.5. The molecular weight excluding hydrogens is 264 g/mol. The average molecular weight is 290 g/mol. The molecule has 1 amide bonds. The third-order valence-electron chi connectivity index (χ3n) is 4.07. The first-order valence-corrected chi connectivity index (χ1v) is 7.78. The number of hydrogen-bond acceptors (Lipinski definition) is 3. The van der Waals surface area contributed by atoms with E-state index in [0.717, 1.165) is 18.4 Å². The van der Waals surface area contributed by atoms with E-state index in [-0.39, 0.29) is 12.5 Å². The summed E-state index contributed by atoms with van der Waals surface area (Å²) in [4.78, 5) is 12.0. The van der Waals surface area contributed by atoms with Crippen molar-refractivity contribution in [2.75, 3.05) is 6.61 Å². The van der Waals surface area contributed by atoms with Crippen LogP contribution in [0.5, 0.6) is 5.75 Å². The molecule has 1 aliphatic rings.